The van der Waals surface area contributed by atoms with Gasteiger partial charge in [-0.1, -0.05) is 0 Å². The topological polar surface area (TPSA) is 79.2 Å². The summed E-state index contributed by atoms with van der Waals surface area (Å²) in [6, 6.07) is -0.103. The second-order valence-electron chi connectivity index (χ2n) is 4.56. The van der Waals surface area contributed by atoms with Crippen LogP contribution in [-0.4, -0.2) is 40.0 Å². The molecule has 1 aromatic rings. The third-order valence-electron chi connectivity index (χ3n) is 3.10. The summed E-state index contributed by atoms with van der Waals surface area (Å²) in [6.07, 6.45) is 6.66. The van der Waals surface area contributed by atoms with Crippen molar-refractivity contribution in [2.75, 3.05) is 13.2 Å². The molecular weight excluding hydrogens is 232 g/mol. The largest absolute Gasteiger partial charge is 0.394 e. The maximum Gasteiger partial charge on any atom is 0.237 e. The molecule has 1 atom stereocenters. The van der Waals surface area contributed by atoms with E-state index in [0.29, 0.717) is 13.1 Å². The summed E-state index contributed by atoms with van der Waals surface area (Å²) >= 11 is 0. The molecule has 18 heavy (non-hydrogen) atoms. The zero-order valence-electron chi connectivity index (χ0n) is 10.4. The van der Waals surface area contributed by atoms with E-state index in [1.165, 1.54) is 0 Å². The molecule has 6 nitrogen and oxygen atoms in total. The number of hydrogen-bond acceptors (Lipinski definition) is 4. The smallest absolute Gasteiger partial charge is 0.237 e. The molecule has 3 N–H and O–H groups in total. The lowest BCUT2D eigenvalue weighted by molar-refractivity contribution is -0.122. The highest BCUT2D eigenvalue weighted by molar-refractivity contribution is 5.81. The second kappa shape index (κ2) is 6.51. The van der Waals surface area contributed by atoms with Gasteiger partial charge in [0.05, 0.1) is 25.4 Å². The third-order valence-corrected chi connectivity index (χ3v) is 3.10. The summed E-state index contributed by atoms with van der Waals surface area (Å²) in [7, 11) is 0. The Balaban J connectivity index is 1.83. The summed E-state index contributed by atoms with van der Waals surface area (Å²) in [5, 5.41) is 19.1. The Morgan fingerprint density at radius 2 is 2.44 bits per heavy atom. The van der Waals surface area contributed by atoms with E-state index >= 15 is 0 Å². The minimum Gasteiger partial charge on any atom is -0.394 e. The van der Waals surface area contributed by atoms with Crippen molar-refractivity contribution in [3.05, 3.63) is 18.0 Å². The number of nitrogens with one attached hydrogen (secondary N) is 2. The van der Waals surface area contributed by atoms with Crippen LogP contribution >= 0.6 is 0 Å². The third kappa shape index (κ3) is 3.54. The zero-order valence-corrected chi connectivity index (χ0v) is 10.4. The Morgan fingerprint density at radius 3 is 3.28 bits per heavy atom. The van der Waals surface area contributed by atoms with Crippen molar-refractivity contribution in [1.82, 2.24) is 20.4 Å². The summed E-state index contributed by atoms with van der Waals surface area (Å²) in [5.74, 6) is 0.0928. The lowest BCUT2D eigenvalue weighted by Gasteiger charge is -2.14. The predicted molar refractivity (Wildman–Crippen MR) is 66.8 cm³/mol. The monoisotopic (exact) mass is 252 g/mol. The normalized spacial score (nSPS) is 20.5. The van der Waals surface area contributed by atoms with Gasteiger partial charge in [0, 0.05) is 24.8 Å². The molecule has 2 rings (SSSR count). The number of carbonyl (C=O) groups is 1. The van der Waals surface area contributed by atoms with Gasteiger partial charge in [-0.3, -0.25) is 9.48 Å². The summed E-state index contributed by atoms with van der Waals surface area (Å²) in [4.78, 5) is 11.7. The second-order valence-corrected chi connectivity index (χ2v) is 4.56. The van der Waals surface area contributed by atoms with Crippen LogP contribution in [0.1, 0.15) is 24.8 Å². The Hall–Kier alpha value is -1.40. The average Bonchev–Trinajstić information content (AvgIpc) is 2.70. The van der Waals surface area contributed by atoms with Gasteiger partial charge >= 0.3 is 0 Å². The highest BCUT2D eigenvalue weighted by Gasteiger charge is 2.19. The van der Waals surface area contributed by atoms with Gasteiger partial charge in [-0.05, 0) is 19.3 Å². The molecule has 1 aromatic heterocycles. The van der Waals surface area contributed by atoms with Crippen LogP contribution in [0.3, 0.4) is 0 Å². The van der Waals surface area contributed by atoms with Crippen LogP contribution in [0.2, 0.25) is 0 Å². The predicted octanol–water partition coefficient (Wildman–Crippen LogP) is -0.366. The standard InChI is InChI=1S/C12H20N4O2/c17-6-5-16-9-10(8-15-16)7-14-11-3-1-2-4-13-12(11)18/h8-9,11,14,17H,1-7H2,(H,13,18). The number of rotatable bonds is 5. The Labute approximate surface area is 106 Å². The quantitative estimate of drug-likeness (QED) is 0.668. The van der Waals surface area contributed by atoms with Crippen molar-refractivity contribution in [2.45, 2.75) is 38.4 Å². The van der Waals surface area contributed by atoms with Crippen LogP contribution < -0.4 is 10.6 Å². The molecule has 1 amide bonds. The molecule has 6 heteroatoms. The average molecular weight is 252 g/mol. The Kier molecular flexibility index (Phi) is 4.72. The van der Waals surface area contributed by atoms with E-state index in [1.807, 2.05) is 6.20 Å². The van der Waals surface area contributed by atoms with E-state index in [0.717, 1.165) is 31.4 Å². The van der Waals surface area contributed by atoms with Gasteiger partial charge in [0.25, 0.3) is 0 Å². The first-order valence-corrected chi connectivity index (χ1v) is 6.43. The lowest BCUT2D eigenvalue weighted by atomic mass is 10.1. The molecule has 0 aliphatic carbocycles. The number of aromatic nitrogens is 2. The molecule has 1 aliphatic rings. The Morgan fingerprint density at radius 1 is 1.56 bits per heavy atom. The fourth-order valence-electron chi connectivity index (χ4n) is 2.10. The van der Waals surface area contributed by atoms with Crippen LogP contribution in [0.15, 0.2) is 12.4 Å². The summed E-state index contributed by atoms with van der Waals surface area (Å²) < 4.78 is 1.70. The van der Waals surface area contributed by atoms with Crippen LogP contribution in [0.4, 0.5) is 0 Å². The van der Waals surface area contributed by atoms with Crippen LogP contribution in [0, 0.1) is 0 Å². The molecule has 0 aromatic carbocycles. The molecule has 100 valence electrons. The molecule has 1 fully saturated rings. The van der Waals surface area contributed by atoms with E-state index < -0.39 is 0 Å². The van der Waals surface area contributed by atoms with Gasteiger partial charge in [0.15, 0.2) is 0 Å². The highest BCUT2D eigenvalue weighted by atomic mass is 16.3. The van der Waals surface area contributed by atoms with E-state index in [9.17, 15) is 4.79 Å². The van der Waals surface area contributed by atoms with Crippen LogP contribution in [-0.2, 0) is 17.9 Å². The number of aliphatic hydroxyl groups is 1. The summed E-state index contributed by atoms with van der Waals surface area (Å²) in [6.45, 7) is 2.00. The molecule has 1 unspecified atom stereocenters. The van der Waals surface area contributed by atoms with Gasteiger partial charge in [-0.15, -0.1) is 0 Å². The van der Waals surface area contributed by atoms with Crippen LogP contribution in [0.25, 0.3) is 0 Å². The van der Waals surface area contributed by atoms with Gasteiger partial charge in [0.1, 0.15) is 0 Å². The molecule has 0 saturated carbocycles. The maximum atomic E-state index is 11.7. The molecule has 0 bridgehead atoms. The van der Waals surface area contributed by atoms with Gasteiger partial charge in [0.2, 0.25) is 5.91 Å². The first kappa shape index (κ1) is 13.0. The van der Waals surface area contributed by atoms with Crippen molar-refractivity contribution >= 4 is 5.91 Å². The molecule has 0 spiro atoms. The highest BCUT2D eigenvalue weighted by Crippen LogP contribution is 2.06. The number of carbonyl (C=O) groups excluding carboxylic acids is 1. The fraction of sp³-hybridized carbons (Fsp3) is 0.667. The molecule has 1 saturated heterocycles. The number of hydrogen-bond donors (Lipinski definition) is 3. The fourth-order valence-corrected chi connectivity index (χ4v) is 2.10. The minimum absolute atomic E-state index is 0.0829. The van der Waals surface area contributed by atoms with Crippen LogP contribution in [0.5, 0.6) is 0 Å². The number of nitrogens with zero attached hydrogens (tertiary/aromatic N) is 2. The van der Waals surface area contributed by atoms with Crippen molar-refractivity contribution in [2.24, 2.45) is 0 Å². The van der Waals surface area contributed by atoms with Crippen molar-refractivity contribution in [1.29, 1.82) is 0 Å². The van der Waals surface area contributed by atoms with E-state index in [2.05, 4.69) is 15.7 Å². The van der Waals surface area contributed by atoms with E-state index in [-0.39, 0.29) is 18.6 Å². The lowest BCUT2D eigenvalue weighted by Crippen LogP contribution is -2.42. The molecule has 0 radical (unpaired) electrons. The first-order valence-electron chi connectivity index (χ1n) is 6.43. The molecule has 2 heterocycles. The van der Waals surface area contributed by atoms with Crippen molar-refractivity contribution in [3.63, 3.8) is 0 Å². The molecular formula is C12H20N4O2. The van der Waals surface area contributed by atoms with Gasteiger partial charge < -0.3 is 15.7 Å². The molecule has 1 aliphatic heterocycles. The van der Waals surface area contributed by atoms with Crippen molar-refractivity contribution < 1.29 is 9.90 Å². The number of aliphatic hydroxyl groups excluding tert-OH is 1. The van der Waals surface area contributed by atoms with E-state index in [4.69, 9.17) is 5.11 Å². The van der Waals surface area contributed by atoms with Gasteiger partial charge in [-0.2, -0.15) is 5.10 Å². The van der Waals surface area contributed by atoms with E-state index in [1.54, 1.807) is 10.9 Å². The summed E-state index contributed by atoms with van der Waals surface area (Å²) in [5.41, 5.74) is 1.03. The first-order chi connectivity index (χ1) is 8.79. The Bertz CT molecular complexity index is 391. The number of amides is 1. The SMILES string of the molecule is O=C1NCCCCC1NCc1cnn(CCO)c1. The maximum absolute atomic E-state index is 11.7. The zero-order chi connectivity index (χ0) is 12.8. The van der Waals surface area contributed by atoms with Crippen molar-refractivity contribution in [3.8, 4) is 0 Å². The minimum atomic E-state index is -0.103. The van der Waals surface area contributed by atoms with Gasteiger partial charge in [-0.25, -0.2) is 0 Å².